The third-order valence-corrected chi connectivity index (χ3v) is 5.00. The average Bonchev–Trinajstić information content (AvgIpc) is 3.08. The zero-order valence-electron chi connectivity index (χ0n) is 16.3. The van der Waals surface area contributed by atoms with Crippen LogP contribution in [-0.2, 0) is 11.4 Å². The lowest BCUT2D eigenvalue weighted by molar-refractivity contribution is -0.137. The first-order valence-corrected chi connectivity index (χ1v) is 9.36. The van der Waals surface area contributed by atoms with E-state index >= 15 is 0 Å². The van der Waals surface area contributed by atoms with Crippen LogP contribution in [0.4, 0.5) is 0 Å². The third kappa shape index (κ3) is 4.03. The van der Waals surface area contributed by atoms with E-state index in [4.69, 9.17) is 14.6 Å². The van der Waals surface area contributed by atoms with Gasteiger partial charge in [0.2, 0.25) is 5.88 Å². The number of hydrogen-bond donors (Lipinski definition) is 1. The van der Waals surface area contributed by atoms with Crippen LogP contribution in [0.2, 0.25) is 0 Å². The Morgan fingerprint density at radius 3 is 2.76 bits per heavy atom. The highest BCUT2D eigenvalue weighted by Gasteiger charge is 2.27. The Morgan fingerprint density at radius 1 is 1.21 bits per heavy atom. The van der Waals surface area contributed by atoms with Crippen LogP contribution in [-0.4, -0.2) is 32.6 Å². The summed E-state index contributed by atoms with van der Waals surface area (Å²) >= 11 is 0. The van der Waals surface area contributed by atoms with Crippen molar-refractivity contribution in [1.29, 1.82) is 0 Å². The molecule has 1 aromatic carbocycles. The summed E-state index contributed by atoms with van der Waals surface area (Å²) < 4.78 is 11.5. The molecule has 0 radical (unpaired) electrons. The van der Waals surface area contributed by atoms with E-state index in [0.717, 1.165) is 33.6 Å². The highest BCUT2D eigenvalue weighted by molar-refractivity contribution is 5.69. The standard InChI is InChI=1S/C22H21N3O4/c1-13-22(14(2)25-12-24-13)16-5-3-4-15(6-16)10-29-20-8-19-18(9-23-20)17(11-28-19)7-21(26)27/h3-6,8-9,12,17H,7,10-11H2,1-2H3,(H,26,27)/t17-/m1/s1. The Kier molecular flexibility index (Phi) is 5.12. The number of benzene rings is 1. The quantitative estimate of drug-likeness (QED) is 0.685. The van der Waals surface area contributed by atoms with E-state index in [0.29, 0.717) is 24.8 Å². The molecule has 0 saturated carbocycles. The average molecular weight is 391 g/mol. The van der Waals surface area contributed by atoms with Gasteiger partial charge in [-0.2, -0.15) is 0 Å². The number of carboxylic acids is 1. The Bertz CT molecular complexity index is 1050. The number of aromatic nitrogens is 3. The maximum atomic E-state index is 11.0. The molecular weight excluding hydrogens is 370 g/mol. The molecule has 3 heterocycles. The Morgan fingerprint density at radius 2 is 2.00 bits per heavy atom. The molecule has 0 amide bonds. The van der Waals surface area contributed by atoms with Crippen molar-refractivity contribution in [2.24, 2.45) is 0 Å². The van der Waals surface area contributed by atoms with Crippen molar-refractivity contribution in [3.63, 3.8) is 0 Å². The van der Waals surface area contributed by atoms with Gasteiger partial charge in [-0.25, -0.2) is 15.0 Å². The van der Waals surface area contributed by atoms with Gasteiger partial charge in [0.15, 0.2) is 0 Å². The molecule has 0 fully saturated rings. The predicted octanol–water partition coefficient (Wildman–Crippen LogP) is 3.69. The number of fused-ring (bicyclic) bond motifs is 1. The fraction of sp³-hybridized carbons (Fsp3) is 0.273. The topological polar surface area (TPSA) is 94.4 Å². The lowest BCUT2D eigenvalue weighted by atomic mass is 10.00. The molecule has 1 aliphatic rings. The summed E-state index contributed by atoms with van der Waals surface area (Å²) in [5.41, 5.74) is 5.76. The van der Waals surface area contributed by atoms with Crippen LogP contribution in [0.5, 0.6) is 11.6 Å². The van der Waals surface area contributed by atoms with Gasteiger partial charge in [-0.1, -0.05) is 18.2 Å². The summed E-state index contributed by atoms with van der Waals surface area (Å²) in [7, 11) is 0. The van der Waals surface area contributed by atoms with Crippen molar-refractivity contribution in [1.82, 2.24) is 15.0 Å². The van der Waals surface area contributed by atoms with Gasteiger partial charge in [0.1, 0.15) is 18.7 Å². The molecular formula is C22H21N3O4. The van der Waals surface area contributed by atoms with Crippen LogP contribution in [0.15, 0.2) is 42.9 Å². The number of aliphatic carboxylic acids is 1. The highest BCUT2D eigenvalue weighted by Crippen LogP contribution is 2.37. The van der Waals surface area contributed by atoms with Crippen molar-refractivity contribution >= 4 is 5.97 Å². The van der Waals surface area contributed by atoms with Gasteiger partial charge >= 0.3 is 5.97 Å². The normalized spacial score (nSPS) is 14.9. The fourth-order valence-electron chi connectivity index (χ4n) is 3.58. The number of hydrogen-bond acceptors (Lipinski definition) is 6. The van der Waals surface area contributed by atoms with Crippen LogP contribution in [0.3, 0.4) is 0 Å². The summed E-state index contributed by atoms with van der Waals surface area (Å²) in [6, 6.07) is 9.79. The smallest absolute Gasteiger partial charge is 0.304 e. The lowest BCUT2D eigenvalue weighted by Crippen LogP contribution is -2.07. The summed E-state index contributed by atoms with van der Waals surface area (Å²) in [6.45, 7) is 4.65. The van der Waals surface area contributed by atoms with Crippen molar-refractivity contribution < 1.29 is 19.4 Å². The van der Waals surface area contributed by atoms with Crippen LogP contribution in [0.25, 0.3) is 11.1 Å². The lowest BCUT2D eigenvalue weighted by Gasteiger charge is -2.11. The maximum Gasteiger partial charge on any atom is 0.304 e. The first-order chi connectivity index (χ1) is 14.0. The first kappa shape index (κ1) is 18.9. The number of carboxylic acid groups (broad SMARTS) is 1. The molecule has 7 nitrogen and oxygen atoms in total. The molecule has 0 spiro atoms. The number of rotatable bonds is 6. The minimum Gasteiger partial charge on any atom is -0.492 e. The molecule has 4 rings (SSSR count). The van der Waals surface area contributed by atoms with Crippen LogP contribution < -0.4 is 9.47 Å². The van der Waals surface area contributed by atoms with E-state index in [1.54, 1.807) is 18.6 Å². The SMILES string of the molecule is Cc1ncnc(C)c1-c1cccc(COc2cc3c(cn2)[C@H](CC(=O)O)CO3)c1. The molecule has 2 aromatic heterocycles. The molecule has 29 heavy (non-hydrogen) atoms. The predicted molar refractivity (Wildman–Crippen MR) is 106 cm³/mol. The van der Waals surface area contributed by atoms with Crippen molar-refractivity contribution in [3.05, 3.63) is 65.4 Å². The summed E-state index contributed by atoms with van der Waals surface area (Å²) in [5.74, 6) is 0.0736. The van der Waals surface area contributed by atoms with E-state index < -0.39 is 5.97 Å². The molecule has 3 aromatic rings. The zero-order valence-corrected chi connectivity index (χ0v) is 16.3. The molecule has 1 atom stereocenters. The number of pyridine rings is 1. The van der Waals surface area contributed by atoms with E-state index in [9.17, 15) is 4.79 Å². The van der Waals surface area contributed by atoms with E-state index in [2.05, 4.69) is 21.0 Å². The summed E-state index contributed by atoms with van der Waals surface area (Å²) in [6.07, 6.45) is 3.25. The van der Waals surface area contributed by atoms with Crippen molar-refractivity contribution in [3.8, 4) is 22.8 Å². The number of nitrogens with zero attached hydrogens (tertiary/aromatic N) is 3. The van der Waals surface area contributed by atoms with Crippen LogP contribution in [0, 0.1) is 13.8 Å². The third-order valence-electron chi connectivity index (χ3n) is 5.00. The molecule has 0 unspecified atom stereocenters. The minimum absolute atomic E-state index is 0.0315. The van der Waals surface area contributed by atoms with Gasteiger partial charge in [-0.05, 0) is 31.0 Å². The monoisotopic (exact) mass is 391 g/mol. The second kappa shape index (κ2) is 7.87. The molecule has 0 bridgehead atoms. The van der Waals surface area contributed by atoms with Gasteiger partial charge in [0, 0.05) is 40.7 Å². The van der Waals surface area contributed by atoms with Crippen LogP contribution >= 0.6 is 0 Å². The largest absolute Gasteiger partial charge is 0.492 e. The summed E-state index contributed by atoms with van der Waals surface area (Å²) in [5, 5.41) is 8.99. The maximum absolute atomic E-state index is 11.0. The minimum atomic E-state index is -0.846. The van der Waals surface area contributed by atoms with Gasteiger partial charge in [0.05, 0.1) is 13.0 Å². The van der Waals surface area contributed by atoms with E-state index in [1.165, 1.54) is 0 Å². The van der Waals surface area contributed by atoms with E-state index in [-0.39, 0.29) is 12.3 Å². The van der Waals surface area contributed by atoms with Gasteiger partial charge < -0.3 is 14.6 Å². The molecule has 1 aliphatic heterocycles. The second-order valence-corrected chi connectivity index (χ2v) is 7.07. The number of aryl methyl sites for hydroxylation is 2. The van der Waals surface area contributed by atoms with Gasteiger partial charge in [-0.3, -0.25) is 4.79 Å². The highest BCUT2D eigenvalue weighted by atomic mass is 16.5. The van der Waals surface area contributed by atoms with E-state index in [1.807, 2.05) is 32.0 Å². The Balaban J connectivity index is 1.49. The van der Waals surface area contributed by atoms with Gasteiger partial charge in [0.25, 0.3) is 0 Å². The molecule has 0 saturated heterocycles. The second-order valence-electron chi connectivity index (χ2n) is 7.07. The fourth-order valence-corrected chi connectivity index (χ4v) is 3.58. The number of ether oxygens (including phenoxy) is 2. The molecule has 0 aliphatic carbocycles. The zero-order chi connectivity index (χ0) is 20.4. The molecule has 7 heteroatoms. The first-order valence-electron chi connectivity index (χ1n) is 9.36. The Labute approximate surface area is 168 Å². The van der Waals surface area contributed by atoms with Crippen molar-refractivity contribution in [2.75, 3.05) is 6.61 Å². The van der Waals surface area contributed by atoms with Gasteiger partial charge in [-0.15, -0.1) is 0 Å². The van der Waals surface area contributed by atoms with Crippen LogP contribution in [0.1, 0.15) is 34.9 Å². The van der Waals surface area contributed by atoms with Crippen molar-refractivity contribution in [2.45, 2.75) is 32.8 Å². The molecule has 1 N–H and O–H groups in total. The Hall–Kier alpha value is -3.48. The molecule has 148 valence electrons. The summed E-state index contributed by atoms with van der Waals surface area (Å²) in [4.78, 5) is 23.9. The number of carbonyl (C=O) groups is 1.